The van der Waals surface area contributed by atoms with E-state index in [-0.39, 0.29) is 12.1 Å². The second kappa shape index (κ2) is 6.50. The van der Waals surface area contributed by atoms with Gasteiger partial charge in [0.25, 0.3) is 0 Å². The minimum Gasteiger partial charge on any atom is -0.334 e. The van der Waals surface area contributed by atoms with Gasteiger partial charge in [-0.05, 0) is 30.5 Å². The van der Waals surface area contributed by atoms with Gasteiger partial charge >= 0.3 is 6.03 Å². The van der Waals surface area contributed by atoms with Crippen LogP contribution in [-0.4, -0.2) is 18.0 Å². The van der Waals surface area contributed by atoms with Crippen LogP contribution in [0.5, 0.6) is 0 Å². The number of urea groups is 1. The molecule has 0 radical (unpaired) electrons. The monoisotopic (exact) mass is 254 g/mol. The molecule has 1 atom stereocenters. The Morgan fingerprint density at radius 1 is 1.24 bits per heavy atom. The van der Waals surface area contributed by atoms with Crippen molar-refractivity contribution < 1.29 is 4.79 Å². The number of nitrogens with one attached hydrogen (secondary N) is 2. The largest absolute Gasteiger partial charge is 0.334 e. The van der Waals surface area contributed by atoms with E-state index < -0.39 is 0 Å². The highest BCUT2D eigenvalue weighted by molar-refractivity contribution is 6.18. The first kappa shape index (κ1) is 13.8. The lowest BCUT2D eigenvalue weighted by atomic mass is 10.0. The van der Waals surface area contributed by atoms with Crippen molar-refractivity contribution in [3.05, 3.63) is 29.8 Å². The van der Waals surface area contributed by atoms with Crippen LogP contribution in [0.15, 0.2) is 24.3 Å². The zero-order valence-electron chi connectivity index (χ0n) is 10.5. The number of alkyl halides is 1. The maximum atomic E-state index is 11.5. The average molecular weight is 255 g/mol. The summed E-state index contributed by atoms with van der Waals surface area (Å²) in [5.74, 6) is 0.897. The van der Waals surface area contributed by atoms with E-state index >= 15 is 0 Å². The van der Waals surface area contributed by atoms with Crippen molar-refractivity contribution in [3.63, 3.8) is 0 Å². The van der Waals surface area contributed by atoms with Gasteiger partial charge in [0, 0.05) is 17.6 Å². The molecule has 2 amide bonds. The smallest absolute Gasteiger partial charge is 0.319 e. The van der Waals surface area contributed by atoms with Crippen LogP contribution >= 0.6 is 11.6 Å². The highest BCUT2D eigenvalue weighted by atomic mass is 35.5. The van der Waals surface area contributed by atoms with Gasteiger partial charge in [-0.2, -0.15) is 0 Å². The summed E-state index contributed by atoms with van der Waals surface area (Å²) in [5.41, 5.74) is 2.04. The summed E-state index contributed by atoms with van der Waals surface area (Å²) >= 11 is 5.61. The fraction of sp³-hybridized carbons (Fsp3) is 0.462. The number of carbonyl (C=O) groups excluding carboxylic acids is 1. The van der Waals surface area contributed by atoms with Crippen LogP contribution in [0, 0.1) is 0 Å². The molecule has 0 aliphatic carbocycles. The zero-order chi connectivity index (χ0) is 12.8. The van der Waals surface area contributed by atoms with Crippen LogP contribution in [-0.2, 0) is 0 Å². The van der Waals surface area contributed by atoms with Crippen LogP contribution in [0.4, 0.5) is 10.5 Å². The van der Waals surface area contributed by atoms with E-state index in [1.807, 2.05) is 31.2 Å². The first-order valence-corrected chi connectivity index (χ1v) is 6.29. The van der Waals surface area contributed by atoms with Gasteiger partial charge in [0.15, 0.2) is 0 Å². The molecule has 1 rings (SSSR count). The molecule has 0 bridgehead atoms. The molecule has 0 spiro atoms. The van der Waals surface area contributed by atoms with Gasteiger partial charge in [-0.3, -0.25) is 0 Å². The molecular weight excluding hydrogens is 236 g/mol. The van der Waals surface area contributed by atoms with Crippen molar-refractivity contribution in [2.45, 2.75) is 32.7 Å². The van der Waals surface area contributed by atoms with Crippen LogP contribution in [0.25, 0.3) is 0 Å². The highest BCUT2D eigenvalue weighted by Gasteiger charge is 2.06. The topological polar surface area (TPSA) is 41.1 Å². The molecule has 0 aliphatic heterocycles. The van der Waals surface area contributed by atoms with Gasteiger partial charge in [0.05, 0.1) is 0 Å². The Hall–Kier alpha value is -1.22. The minimum absolute atomic E-state index is 0.0356. The van der Waals surface area contributed by atoms with Crippen LogP contribution in [0.1, 0.15) is 32.3 Å². The van der Waals surface area contributed by atoms with Gasteiger partial charge in [-0.1, -0.05) is 26.0 Å². The van der Waals surface area contributed by atoms with Crippen molar-refractivity contribution in [2.24, 2.45) is 0 Å². The first-order chi connectivity index (χ1) is 8.02. The Morgan fingerprint density at radius 2 is 1.82 bits per heavy atom. The third-order valence-corrected chi connectivity index (χ3v) is 2.91. The zero-order valence-corrected chi connectivity index (χ0v) is 11.2. The number of benzene rings is 1. The summed E-state index contributed by atoms with van der Waals surface area (Å²) in [4.78, 5) is 11.5. The van der Waals surface area contributed by atoms with Gasteiger partial charge in [0.2, 0.25) is 0 Å². The third-order valence-electron chi connectivity index (χ3n) is 2.44. The summed E-state index contributed by atoms with van der Waals surface area (Å²) in [6.07, 6.45) is 0. The molecule has 1 aromatic rings. The first-order valence-electron chi connectivity index (χ1n) is 5.76. The predicted octanol–water partition coefficient (Wildman–Crippen LogP) is 3.56. The standard InChI is InChI=1S/C13H19ClN2O/c1-9(2)11-4-6-12(7-5-11)16-13(17)15-10(3)8-14/h4-7,9-10H,8H2,1-3H3,(H2,15,16,17)/t10-/m1/s1. The van der Waals surface area contributed by atoms with E-state index in [9.17, 15) is 4.79 Å². The molecule has 0 saturated heterocycles. The van der Waals surface area contributed by atoms with Crippen LogP contribution in [0.2, 0.25) is 0 Å². The number of anilines is 1. The molecule has 1 aromatic carbocycles. The third kappa shape index (κ3) is 4.65. The molecule has 4 heteroatoms. The number of carbonyl (C=O) groups is 1. The summed E-state index contributed by atoms with van der Waals surface area (Å²) in [7, 11) is 0. The van der Waals surface area contributed by atoms with E-state index in [0.29, 0.717) is 11.8 Å². The summed E-state index contributed by atoms with van der Waals surface area (Å²) < 4.78 is 0. The number of amides is 2. The van der Waals surface area contributed by atoms with E-state index in [4.69, 9.17) is 11.6 Å². The number of hydrogen-bond acceptors (Lipinski definition) is 1. The Bertz CT molecular complexity index is 362. The normalized spacial score (nSPS) is 12.3. The fourth-order valence-corrected chi connectivity index (χ4v) is 1.46. The van der Waals surface area contributed by atoms with Crippen LogP contribution < -0.4 is 10.6 Å². The molecule has 0 unspecified atom stereocenters. The molecule has 2 N–H and O–H groups in total. The van der Waals surface area contributed by atoms with Crippen molar-refractivity contribution in [1.82, 2.24) is 5.32 Å². The van der Waals surface area contributed by atoms with E-state index in [1.165, 1.54) is 5.56 Å². The number of halogens is 1. The van der Waals surface area contributed by atoms with Gasteiger partial charge in [-0.25, -0.2) is 4.79 Å². The minimum atomic E-state index is -0.226. The SMILES string of the molecule is CC(C)c1ccc(NC(=O)N[C@H](C)CCl)cc1. The van der Waals surface area contributed by atoms with Crippen molar-refractivity contribution in [1.29, 1.82) is 0 Å². The maximum absolute atomic E-state index is 11.5. The maximum Gasteiger partial charge on any atom is 0.319 e. The molecule has 17 heavy (non-hydrogen) atoms. The van der Waals surface area contributed by atoms with E-state index in [0.717, 1.165) is 5.69 Å². The quantitative estimate of drug-likeness (QED) is 0.793. The molecule has 0 aromatic heterocycles. The van der Waals surface area contributed by atoms with Crippen molar-refractivity contribution in [2.75, 3.05) is 11.2 Å². The second-order valence-electron chi connectivity index (χ2n) is 4.43. The Labute approximate surface area is 108 Å². The molecule has 94 valence electrons. The Kier molecular flexibility index (Phi) is 5.29. The van der Waals surface area contributed by atoms with Crippen LogP contribution in [0.3, 0.4) is 0 Å². The number of hydrogen-bond donors (Lipinski definition) is 2. The summed E-state index contributed by atoms with van der Waals surface area (Å²) in [5, 5.41) is 5.50. The Balaban J connectivity index is 2.54. The van der Waals surface area contributed by atoms with Gasteiger partial charge in [0.1, 0.15) is 0 Å². The molecular formula is C13H19ClN2O. The fourth-order valence-electron chi connectivity index (χ4n) is 1.38. The van der Waals surface area contributed by atoms with Gasteiger partial charge < -0.3 is 10.6 Å². The molecule has 0 heterocycles. The van der Waals surface area contributed by atoms with E-state index in [1.54, 1.807) is 0 Å². The van der Waals surface area contributed by atoms with E-state index in [2.05, 4.69) is 24.5 Å². The molecule has 3 nitrogen and oxygen atoms in total. The van der Waals surface area contributed by atoms with Crippen molar-refractivity contribution in [3.8, 4) is 0 Å². The highest BCUT2D eigenvalue weighted by Crippen LogP contribution is 2.16. The second-order valence-corrected chi connectivity index (χ2v) is 4.74. The molecule has 0 fully saturated rings. The summed E-state index contributed by atoms with van der Waals surface area (Å²) in [6, 6.07) is 7.58. The van der Waals surface area contributed by atoms with Gasteiger partial charge in [-0.15, -0.1) is 11.6 Å². The molecule has 0 saturated carbocycles. The lowest BCUT2D eigenvalue weighted by Gasteiger charge is -2.12. The predicted molar refractivity (Wildman–Crippen MR) is 72.9 cm³/mol. The van der Waals surface area contributed by atoms with Crippen molar-refractivity contribution >= 4 is 23.3 Å². The number of rotatable bonds is 4. The average Bonchev–Trinajstić information content (AvgIpc) is 2.29. The summed E-state index contributed by atoms with van der Waals surface area (Å²) in [6.45, 7) is 6.13. The lowest BCUT2D eigenvalue weighted by molar-refractivity contribution is 0.250. The molecule has 0 aliphatic rings. The Morgan fingerprint density at radius 3 is 2.29 bits per heavy atom. The lowest BCUT2D eigenvalue weighted by Crippen LogP contribution is -2.37.